The third kappa shape index (κ3) is 4.20. The van der Waals surface area contributed by atoms with E-state index >= 15 is 0 Å². The van der Waals surface area contributed by atoms with E-state index in [-0.39, 0.29) is 15.4 Å². The molecule has 0 radical (unpaired) electrons. The van der Waals surface area contributed by atoms with E-state index in [1.54, 1.807) is 13.0 Å². The Morgan fingerprint density at radius 3 is 2.27 bits per heavy atom. The number of carbonyl (C=O) groups excluding carboxylic acids is 3. The molecule has 0 aliphatic heterocycles. The van der Waals surface area contributed by atoms with E-state index in [2.05, 4.69) is 5.32 Å². The van der Waals surface area contributed by atoms with Crippen LogP contribution >= 0.6 is 11.3 Å². The maximum atomic E-state index is 13.4. The number of nitrogens with zero attached hydrogens (tertiary/aromatic N) is 1. The third-order valence-electron chi connectivity index (χ3n) is 5.16. The number of ether oxygens (including phenoxy) is 2. The molecular weight excluding hydrogens is 440 g/mol. The number of hydrogen-bond donors (Lipinski definition) is 1. The van der Waals surface area contributed by atoms with Crippen LogP contribution in [0, 0.1) is 6.92 Å². The van der Waals surface area contributed by atoms with Crippen molar-refractivity contribution in [3.05, 3.63) is 82.2 Å². The summed E-state index contributed by atoms with van der Waals surface area (Å²) in [6.07, 6.45) is 0. The Morgan fingerprint density at radius 2 is 1.58 bits per heavy atom. The number of thiophene rings is 1. The highest BCUT2D eigenvalue weighted by atomic mass is 32.1. The largest absolute Gasteiger partial charge is 0.465 e. The van der Waals surface area contributed by atoms with Gasteiger partial charge in [-0.3, -0.25) is 4.79 Å². The molecule has 0 spiro atoms. The first-order valence-electron chi connectivity index (χ1n) is 10.0. The first-order chi connectivity index (χ1) is 15.9. The van der Waals surface area contributed by atoms with Gasteiger partial charge in [0.25, 0.3) is 5.91 Å². The summed E-state index contributed by atoms with van der Waals surface area (Å²) in [6.45, 7) is 1.61. The van der Waals surface area contributed by atoms with Crippen molar-refractivity contribution >= 4 is 45.1 Å². The Morgan fingerprint density at radius 1 is 0.909 bits per heavy atom. The average molecular weight is 461 g/mol. The molecule has 4 rings (SSSR count). The van der Waals surface area contributed by atoms with E-state index in [0.717, 1.165) is 16.9 Å². The Hall–Kier alpha value is -4.04. The van der Waals surface area contributed by atoms with Crippen LogP contribution in [0.1, 0.15) is 36.0 Å². The summed E-state index contributed by atoms with van der Waals surface area (Å²) in [5.74, 6) is -1.68. The highest BCUT2D eigenvalue weighted by Gasteiger charge is 2.27. The molecule has 1 amide bonds. The number of hydrogen-bond acceptors (Lipinski definition) is 7. The summed E-state index contributed by atoms with van der Waals surface area (Å²) in [5.41, 5.74) is 3.07. The van der Waals surface area contributed by atoms with E-state index in [1.807, 2.05) is 54.6 Å². The maximum Gasteiger partial charge on any atom is 0.348 e. The molecule has 0 aliphatic carbocycles. The van der Waals surface area contributed by atoms with Crippen molar-refractivity contribution in [2.24, 2.45) is 0 Å². The van der Waals surface area contributed by atoms with Crippen LogP contribution in [0.2, 0.25) is 0 Å². The van der Waals surface area contributed by atoms with Crippen molar-refractivity contribution in [1.29, 1.82) is 0 Å². The number of pyridine rings is 1. The number of anilines is 1. The minimum absolute atomic E-state index is 0.123. The number of carbonyl (C=O) groups is 3. The van der Waals surface area contributed by atoms with Crippen LogP contribution in [0.15, 0.2) is 60.7 Å². The highest BCUT2D eigenvalue weighted by molar-refractivity contribution is 7.18. The predicted molar refractivity (Wildman–Crippen MR) is 127 cm³/mol. The lowest BCUT2D eigenvalue weighted by Gasteiger charge is -2.11. The number of amides is 1. The van der Waals surface area contributed by atoms with Gasteiger partial charge in [-0.25, -0.2) is 14.6 Å². The highest BCUT2D eigenvalue weighted by Crippen LogP contribution is 2.35. The van der Waals surface area contributed by atoms with Crippen molar-refractivity contribution in [2.45, 2.75) is 6.92 Å². The number of fused-ring (bicyclic) bond motifs is 1. The van der Waals surface area contributed by atoms with Gasteiger partial charge in [0, 0.05) is 10.9 Å². The first kappa shape index (κ1) is 22.2. The summed E-state index contributed by atoms with van der Waals surface area (Å²) in [7, 11) is 2.50. The van der Waals surface area contributed by atoms with Gasteiger partial charge in [0.05, 0.1) is 36.6 Å². The molecule has 33 heavy (non-hydrogen) atoms. The minimum Gasteiger partial charge on any atom is -0.465 e. The number of esters is 2. The Labute approximate surface area is 194 Å². The second-order valence-electron chi connectivity index (χ2n) is 7.14. The number of nitrogens with one attached hydrogen (secondary N) is 1. The molecule has 0 bridgehead atoms. The molecule has 166 valence electrons. The van der Waals surface area contributed by atoms with Gasteiger partial charge in [-0.05, 0) is 24.6 Å². The molecule has 0 atom stereocenters. The lowest BCUT2D eigenvalue weighted by Crippen LogP contribution is -2.15. The van der Waals surface area contributed by atoms with Crippen molar-refractivity contribution in [2.75, 3.05) is 19.5 Å². The molecule has 1 N–H and O–H groups in total. The SMILES string of the molecule is COC(=O)c1sc(NC(=O)c2cc(-c3ccccc3)nc3ccccc23)c(C(=O)OC)c1C. The Balaban J connectivity index is 1.82. The molecule has 2 aromatic carbocycles. The normalized spacial score (nSPS) is 10.6. The first-order valence-corrected chi connectivity index (χ1v) is 10.8. The van der Waals surface area contributed by atoms with Crippen molar-refractivity contribution in [1.82, 2.24) is 4.98 Å². The monoisotopic (exact) mass is 460 g/mol. The fourth-order valence-electron chi connectivity index (χ4n) is 3.53. The van der Waals surface area contributed by atoms with Gasteiger partial charge in [-0.2, -0.15) is 0 Å². The second kappa shape index (κ2) is 9.22. The second-order valence-corrected chi connectivity index (χ2v) is 8.16. The number of benzene rings is 2. The topological polar surface area (TPSA) is 94.6 Å². The van der Waals surface area contributed by atoms with Gasteiger partial charge >= 0.3 is 11.9 Å². The number of para-hydroxylation sites is 1. The minimum atomic E-state index is -0.654. The quantitative estimate of drug-likeness (QED) is 0.417. The van der Waals surface area contributed by atoms with E-state index in [9.17, 15) is 14.4 Å². The van der Waals surface area contributed by atoms with Crippen molar-refractivity contribution in [3.8, 4) is 11.3 Å². The smallest absolute Gasteiger partial charge is 0.348 e. The maximum absolute atomic E-state index is 13.4. The van der Waals surface area contributed by atoms with Crippen LogP contribution in [-0.2, 0) is 9.47 Å². The molecule has 8 heteroatoms. The lowest BCUT2D eigenvalue weighted by atomic mass is 10.0. The zero-order chi connectivity index (χ0) is 23.5. The van der Waals surface area contributed by atoms with E-state index in [0.29, 0.717) is 27.7 Å². The zero-order valence-electron chi connectivity index (χ0n) is 18.2. The predicted octanol–water partition coefficient (Wildman–Crippen LogP) is 5.10. The molecule has 0 saturated carbocycles. The van der Waals surface area contributed by atoms with Gasteiger partial charge in [0.15, 0.2) is 0 Å². The number of methoxy groups -OCH3 is 2. The summed E-state index contributed by atoms with van der Waals surface area (Å²) in [4.78, 5) is 42.9. The molecule has 7 nitrogen and oxygen atoms in total. The van der Waals surface area contributed by atoms with Gasteiger partial charge < -0.3 is 14.8 Å². The van der Waals surface area contributed by atoms with Crippen molar-refractivity contribution in [3.63, 3.8) is 0 Å². The van der Waals surface area contributed by atoms with Crippen LogP contribution in [0.3, 0.4) is 0 Å². The molecular formula is C25H20N2O5S. The van der Waals surface area contributed by atoms with Crippen LogP contribution in [0.5, 0.6) is 0 Å². The van der Waals surface area contributed by atoms with Gasteiger partial charge in [-0.15, -0.1) is 11.3 Å². The van der Waals surface area contributed by atoms with Crippen LogP contribution in [0.4, 0.5) is 5.00 Å². The van der Waals surface area contributed by atoms with Crippen LogP contribution in [-0.4, -0.2) is 37.0 Å². The molecule has 2 aromatic heterocycles. The fourth-order valence-corrected chi connectivity index (χ4v) is 4.64. The van der Waals surface area contributed by atoms with Gasteiger partial charge in [-0.1, -0.05) is 48.5 Å². The van der Waals surface area contributed by atoms with Crippen molar-refractivity contribution < 1.29 is 23.9 Å². The Bertz CT molecular complexity index is 1380. The van der Waals surface area contributed by atoms with Crippen LogP contribution in [0.25, 0.3) is 22.2 Å². The summed E-state index contributed by atoms with van der Waals surface area (Å²) in [6, 6.07) is 18.6. The zero-order valence-corrected chi connectivity index (χ0v) is 19.0. The summed E-state index contributed by atoms with van der Waals surface area (Å²) in [5, 5.41) is 3.67. The fraction of sp³-hybridized carbons (Fsp3) is 0.120. The molecule has 0 aliphatic rings. The molecule has 4 aromatic rings. The Kier molecular flexibility index (Phi) is 6.19. The molecule has 0 saturated heterocycles. The van der Waals surface area contributed by atoms with Gasteiger partial charge in [0.1, 0.15) is 9.88 Å². The molecule has 2 heterocycles. The number of aromatic nitrogens is 1. The third-order valence-corrected chi connectivity index (χ3v) is 6.35. The molecule has 0 unspecified atom stereocenters. The standard InChI is InChI=1S/C25H20N2O5S/c1-14-20(24(29)31-2)23(33-21(14)25(30)32-3)27-22(28)17-13-19(15-9-5-4-6-10-15)26-18-12-8-7-11-16(17)18/h4-13H,1-3H3,(H,27,28). The van der Waals surface area contributed by atoms with Gasteiger partial charge in [0.2, 0.25) is 0 Å². The summed E-state index contributed by atoms with van der Waals surface area (Å²) < 4.78 is 9.68. The molecule has 0 fully saturated rings. The van der Waals surface area contributed by atoms with E-state index in [4.69, 9.17) is 14.5 Å². The van der Waals surface area contributed by atoms with Crippen LogP contribution < -0.4 is 5.32 Å². The van der Waals surface area contributed by atoms with E-state index < -0.39 is 17.8 Å². The lowest BCUT2D eigenvalue weighted by molar-refractivity contribution is 0.0601. The summed E-state index contributed by atoms with van der Waals surface area (Å²) >= 11 is 0.969. The average Bonchev–Trinajstić information content (AvgIpc) is 3.18. The van der Waals surface area contributed by atoms with E-state index in [1.165, 1.54) is 14.2 Å². The number of rotatable bonds is 5.